The maximum atomic E-state index is 12.3. The van der Waals surface area contributed by atoms with Crippen molar-refractivity contribution in [2.75, 3.05) is 0 Å². The Labute approximate surface area is 135 Å². The van der Waals surface area contributed by atoms with Crippen molar-refractivity contribution in [3.05, 3.63) is 35.9 Å². The minimum Gasteiger partial charge on any atom is -0.480 e. The predicted molar refractivity (Wildman–Crippen MR) is 85.6 cm³/mol. The van der Waals surface area contributed by atoms with Crippen LogP contribution in [0, 0.1) is 0 Å². The summed E-state index contributed by atoms with van der Waals surface area (Å²) < 4.78 is 0. The van der Waals surface area contributed by atoms with Crippen molar-refractivity contribution < 1.29 is 19.5 Å². The summed E-state index contributed by atoms with van der Waals surface area (Å²) in [7, 11) is 0. The second-order valence-electron chi connectivity index (χ2n) is 5.96. The van der Waals surface area contributed by atoms with E-state index in [2.05, 4.69) is 10.6 Å². The summed E-state index contributed by atoms with van der Waals surface area (Å²) >= 11 is 0. The molecule has 0 aliphatic heterocycles. The van der Waals surface area contributed by atoms with Crippen molar-refractivity contribution >= 4 is 17.8 Å². The van der Waals surface area contributed by atoms with Crippen LogP contribution in [-0.4, -0.2) is 40.5 Å². The van der Waals surface area contributed by atoms with Gasteiger partial charge in [0.25, 0.3) is 0 Å². The molecule has 0 heterocycles. The third kappa shape index (κ3) is 5.71. The highest BCUT2D eigenvalue weighted by molar-refractivity contribution is 5.94. The van der Waals surface area contributed by atoms with E-state index in [1.54, 1.807) is 24.3 Å². The Balaban J connectivity index is 2.77. The van der Waals surface area contributed by atoms with E-state index in [-0.39, 0.29) is 6.42 Å². The number of aliphatic carboxylic acids is 1. The molecule has 0 radical (unpaired) electrons. The van der Waals surface area contributed by atoms with Gasteiger partial charge in [-0.05, 0) is 26.3 Å². The molecule has 1 aromatic rings. The number of carbonyl (C=O) groups excluding carboxylic acids is 2. The van der Waals surface area contributed by atoms with Crippen LogP contribution in [0.1, 0.15) is 26.3 Å². The monoisotopic (exact) mass is 321 g/mol. The summed E-state index contributed by atoms with van der Waals surface area (Å²) in [6.07, 6.45) is 0.152. The van der Waals surface area contributed by atoms with E-state index in [9.17, 15) is 19.5 Å². The van der Waals surface area contributed by atoms with Gasteiger partial charge in [-0.3, -0.25) is 9.59 Å². The first kappa shape index (κ1) is 18.6. The normalized spacial score (nSPS) is 13.7. The van der Waals surface area contributed by atoms with Crippen LogP contribution in [0.5, 0.6) is 0 Å². The van der Waals surface area contributed by atoms with Gasteiger partial charge in [0, 0.05) is 6.42 Å². The molecule has 0 aliphatic rings. The van der Waals surface area contributed by atoms with Crippen LogP contribution < -0.4 is 16.4 Å². The number of carboxylic acids is 1. The van der Waals surface area contributed by atoms with Gasteiger partial charge in [-0.15, -0.1) is 0 Å². The molecule has 1 rings (SSSR count). The number of carbonyl (C=O) groups is 3. The molecule has 1 aromatic carbocycles. The molecule has 0 aromatic heterocycles. The van der Waals surface area contributed by atoms with Gasteiger partial charge in [-0.25, -0.2) is 4.79 Å². The Morgan fingerprint density at radius 3 is 2.26 bits per heavy atom. The van der Waals surface area contributed by atoms with Gasteiger partial charge in [0.1, 0.15) is 11.6 Å². The van der Waals surface area contributed by atoms with Crippen LogP contribution in [0.2, 0.25) is 0 Å². The maximum Gasteiger partial charge on any atom is 0.326 e. The highest BCUT2D eigenvalue weighted by Gasteiger charge is 2.33. The molecule has 2 atom stereocenters. The number of nitrogens with two attached hydrogens (primary N) is 1. The molecule has 7 heteroatoms. The zero-order valence-electron chi connectivity index (χ0n) is 13.5. The van der Waals surface area contributed by atoms with Crippen LogP contribution in [0.25, 0.3) is 0 Å². The quantitative estimate of drug-likeness (QED) is 0.565. The average molecular weight is 321 g/mol. The SMILES string of the molecule is C[C@H](N)C(=O)NC(C)(C)C(=O)N[C@@H](Cc1ccccc1)C(=O)O. The van der Waals surface area contributed by atoms with Crippen molar-refractivity contribution in [2.24, 2.45) is 5.73 Å². The summed E-state index contributed by atoms with van der Waals surface area (Å²) in [5, 5.41) is 14.2. The molecule has 2 amide bonds. The third-order valence-corrected chi connectivity index (χ3v) is 3.30. The number of carboxylic acid groups (broad SMARTS) is 1. The minimum absolute atomic E-state index is 0.152. The van der Waals surface area contributed by atoms with Gasteiger partial charge in [0.05, 0.1) is 6.04 Å². The predicted octanol–water partition coefficient (Wildman–Crippen LogP) is 0.0405. The number of hydrogen-bond acceptors (Lipinski definition) is 4. The summed E-state index contributed by atoms with van der Waals surface area (Å²) in [6, 6.07) is 7.13. The highest BCUT2D eigenvalue weighted by Crippen LogP contribution is 2.07. The molecule has 126 valence electrons. The van der Waals surface area contributed by atoms with Crippen molar-refractivity contribution in [1.82, 2.24) is 10.6 Å². The lowest BCUT2D eigenvalue weighted by Gasteiger charge is -2.28. The topological polar surface area (TPSA) is 122 Å². The summed E-state index contributed by atoms with van der Waals surface area (Å²) in [5.41, 5.74) is 4.98. The second kappa shape index (κ2) is 7.73. The maximum absolute atomic E-state index is 12.3. The molecular weight excluding hydrogens is 298 g/mol. The Morgan fingerprint density at radius 2 is 1.78 bits per heavy atom. The highest BCUT2D eigenvalue weighted by atomic mass is 16.4. The third-order valence-electron chi connectivity index (χ3n) is 3.30. The zero-order chi connectivity index (χ0) is 17.6. The summed E-state index contributed by atoms with van der Waals surface area (Å²) in [6.45, 7) is 4.48. The largest absolute Gasteiger partial charge is 0.480 e. The van der Waals surface area contributed by atoms with Gasteiger partial charge >= 0.3 is 5.97 Å². The van der Waals surface area contributed by atoms with E-state index in [4.69, 9.17) is 5.73 Å². The standard InChI is InChI=1S/C16H23N3O4/c1-10(17)13(20)19-16(2,3)15(23)18-12(14(21)22)9-11-7-5-4-6-8-11/h4-8,10,12H,9,17H2,1-3H3,(H,18,23)(H,19,20)(H,21,22)/t10-,12-/m0/s1. The molecule has 0 spiro atoms. The smallest absolute Gasteiger partial charge is 0.326 e. The van der Waals surface area contributed by atoms with Gasteiger partial charge in [-0.2, -0.15) is 0 Å². The van der Waals surface area contributed by atoms with Gasteiger partial charge in [-0.1, -0.05) is 30.3 Å². The molecule has 0 bridgehead atoms. The number of benzene rings is 1. The Kier molecular flexibility index (Phi) is 6.27. The molecule has 0 fully saturated rings. The fourth-order valence-electron chi connectivity index (χ4n) is 1.87. The van der Waals surface area contributed by atoms with Crippen molar-refractivity contribution in [3.8, 4) is 0 Å². The molecule has 23 heavy (non-hydrogen) atoms. The molecule has 7 nitrogen and oxygen atoms in total. The zero-order valence-corrected chi connectivity index (χ0v) is 13.5. The van der Waals surface area contributed by atoms with E-state index >= 15 is 0 Å². The van der Waals surface area contributed by atoms with Gasteiger partial charge < -0.3 is 21.5 Å². The fraction of sp³-hybridized carbons (Fsp3) is 0.438. The lowest BCUT2D eigenvalue weighted by Crippen LogP contribution is -2.60. The van der Waals surface area contributed by atoms with Crippen LogP contribution in [0.15, 0.2) is 30.3 Å². The summed E-state index contributed by atoms with van der Waals surface area (Å²) in [5.74, 6) is -2.22. The molecule has 0 saturated carbocycles. The van der Waals surface area contributed by atoms with E-state index in [0.717, 1.165) is 5.56 Å². The van der Waals surface area contributed by atoms with Gasteiger partial charge in [0.15, 0.2) is 0 Å². The first-order valence-electron chi connectivity index (χ1n) is 7.29. The van der Waals surface area contributed by atoms with Crippen molar-refractivity contribution in [1.29, 1.82) is 0 Å². The first-order valence-corrected chi connectivity index (χ1v) is 7.29. The minimum atomic E-state index is -1.27. The Morgan fingerprint density at radius 1 is 1.22 bits per heavy atom. The van der Waals surface area contributed by atoms with Gasteiger partial charge in [0.2, 0.25) is 11.8 Å². The first-order chi connectivity index (χ1) is 10.6. The van der Waals surface area contributed by atoms with E-state index in [1.807, 2.05) is 6.07 Å². The Hall–Kier alpha value is -2.41. The van der Waals surface area contributed by atoms with Crippen molar-refractivity contribution in [3.63, 3.8) is 0 Å². The number of nitrogens with one attached hydrogen (secondary N) is 2. The van der Waals surface area contributed by atoms with Crippen molar-refractivity contribution in [2.45, 2.75) is 44.8 Å². The molecule has 0 unspecified atom stereocenters. The second-order valence-corrected chi connectivity index (χ2v) is 5.96. The number of amides is 2. The number of hydrogen-bond donors (Lipinski definition) is 4. The van der Waals surface area contributed by atoms with Crippen LogP contribution >= 0.6 is 0 Å². The Bertz CT molecular complexity index is 570. The van der Waals surface area contributed by atoms with E-state index in [0.29, 0.717) is 0 Å². The molecule has 0 saturated heterocycles. The van der Waals surface area contributed by atoms with E-state index < -0.39 is 35.4 Å². The molecular formula is C16H23N3O4. The molecule has 0 aliphatic carbocycles. The lowest BCUT2D eigenvalue weighted by atomic mass is 10.0. The fourth-order valence-corrected chi connectivity index (χ4v) is 1.87. The van der Waals surface area contributed by atoms with Crippen LogP contribution in [0.4, 0.5) is 0 Å². The molecule has 5 N–H and O–H groups in total. The lowest BCUT2D eigenvalue weighted by molar-refractivity contribution is -0.143. The average Bonchev–Trinajstić information content (AvgIpc) is 2.46. The van der Waals surface area contributed by atoms with Crippen LogP contribution in [-0.2, 0) is 20.8 Å². The summed E-state index contributed by atoms with van der Waals surface area (Å²) in [4.78, 5) is 35.3. The van der Waals surface area contributed by atoms with Crippen LogP contribution in [0.3, 0.4) is 0 Å². The number of rotatable bonds is 7. The van der Waals surface area contributed by atoms with E-state index in [1.165, 1.54) is 20.8 Å².